The van der Waals surface area contributed by atoms with Gasteiger partial charge in [-0.2, -0.15) is 25.3 Å². The molecule has 0 heterocycles. The number of carbonyl (C=O) groups excluding carboxylic acids is 15. The molecule has 2 aromatic rings. The molecule has 0 aromatic heterocycles. The molecular weight excluding hydrogens is 1480 g/mol. The van der Waals surface area contributed by atoms with Crippen LogP contribution >= 0.6 is 25.3 Å². The number of aliphatic carboxylic acids is 1. The predicted molar refractivity (Wildman–Crippen MR) is 408 cm³/mol. The zero-order chi connectivity index (χ0) is 82.7. The Kier molecular flexibility index (Phi) is 44.1. The van der Waals surface area contributed by atoms with Gasteiger partial charge in [0.15, 0.2) is 11.9 Å². The first-order valence-electron chi connectivity index (χ1n) is 35.3. The third kappa shape index (κ3) is 35.5. The number of guanidine groups is 2. The van der Waals surface area contributed by atoms with Crippen molar-refractivity contribution < 1.29 is 92.0 Å². The number of aliphatic imine (C=N–C) groups is 2. The van der Waals surface area contributed by atoms with E-state index >= 15 is 0 Å². The van der Waals surface area contributed by atoms with Crippen LogP contribution in [0.4, 0.5) is 0 Å². The highest BCUT2D eigenvalue weighted by atomic mass is 32.1. The minimum atomic E-state index is -1.91. The number of nitrogens with zero attached hydrogens (tertiary/aromatic N) is 2. The zero-order valence-electron chi connectivity index (χ0n) is 62.1. The summed E-state index contributed by atoms with van der Waals surface area (Å²) >= 11 is 8.37. The summed E-state index contributed by atoms with van der Waals surface area (Å²) in [7, 11) is 0. The Labute approximate surface area is 646 Å². The molecule has 110 heavy (non-hydrogen) atoms. The molecule has 14 amide bonds. The molecule has 0 spiro atoms. The van der Waals surface area contributed by atoms with E-state index in [9.17, 15) is 86.9 Å². The quantitative estimate of drug-likeness (QED) is 0.00962. The second kappa shape index (κ2) is 50.8. The Hall–Kier alpha value is -10.7. The highest BCUT2D eigenvalue weighted by Gasteiger charge is 2.38. The molecule has 0 bridgehead atoms. The predicted octanol–water partition coefficient (Wildman–Crippen LogP) is -8.39. The first-order chi connectivity index (χ1) is 52.1. The molecule has 0 fully saturated rings. The molecule has 610 valence electrons. The maximum atomic E-state index is 14.2. The van der Waals surface area contributed by atoms with Gasteiger partial charge >= 0.3 is 5.97 Å². The summed E-state index contributed by atoms with van der Waals surface area (Å²) in [6.45, 7) is 5.83. The van der Waals surface area contributed by atoms with Crippen LogP contribution in [0.15, 0.2) is 70.6 Å². The average Bonchev–Trinajstić information content (AvgIpc) is 0.837. The molecule has 40 nitrogen and oxygen atoms in total. The van der Waals surface area contributed by atoms with Gasteiger partial charge in [0.25, 0.3) is 0 Å². The van der Waals surface area contributed by atoms with E-state index in [0.29, 0.717) is 23.8 Å². The lowest BCUT2D eigenvalue weighted by Gasteiger charge is -2.29. The second-order valence-electron chi connectivity index (χ2n) is 25.6. The zero-order valence-corrected chi connectivity index (χ0v) is 63.9. The molecule has 2 aromatic carbocycles. The Bertz CT molecular complexity index is 3490. The van der Waals surface area contributed by atoms with Gasteiger partial charge in [0.2, 0.25) is 82.7 Å². The van der Waals surface area contributed by atoms with Crippen LogP contribution in [0, 0.1) is 11.8 Å². The topological polar surface area (TPSA) is 657 Å². The minimum Gasteiger partial charge on any atom is -0.481 e. The largest absolute Gasteiger partial charge is 0.481 e. The molecule has 2 rings (SSSR count). The third-order valence-electron chi connectivity index (χ3n) is 16.8. The van der Waals surface area contributed by atoms with Crippen molar-refractivity contribution in [2.45, 2.75) is 178 Å². The van der Waals surface area contributed by atoms with Gasteiger partial charge in [0.05, 0.1) is 38.8 Å². The lowest BCUT2D eigenvalue weighted by atomic mass is 9.96. The van der Waals surface area contributed by atoms with Gasteiger partial charge in [-0.15, -0.1) is 0 Å². The van der Waals surface area contributed by atoms with Gasteiger partial charge in [0, 0.05) is 37.4 Å². The smallest absolute Gasteiger partial charge is 0.305 e. The van der Waals surface area contributed by atoms with Crippen LogP contribution in [0.2, 0.25) is 0 Å². The number of hydrogen-bond donors (Lipinski definition) is 24. The van der Waals surface area contributed by atoms with Crippen LogP contribution in [0.25, 0.3) is 0 Å². The van der Waals surface area contributed by atoms with Gasteiger partial charge in [-0.1, -0.05) is 101 Å². The van der Waals surface area contributed by atoms with Crippen molar-refractivity contribution in [3.63, 3.8) is 0 Å². The number of rotatable bonds is 51. The van der Waals surface area contributed by atoms with Crippen LogP contribution in [0.3, 0.4) is 0 Å². The highest BCUT2D eigenvalue weighted by molar-refractivity contribution is 7.80. The fourth-order valence-electron chi connectivity index (χ4n) is 10.0. The molecule has 27 N–H and O–H groups in total. The van der Waals surface area contributed by atoms with E-state index < -0.39 is 212 Å². The number of nitrogens with one attached hydrogen (secondary N) is 14. The molecule has 15 atom stereocenters. The van der Waals surface area contributed by atoms with Crippen LogP contribution in [-0.2, 0) is 89.6 Å². The summed E-state index contributed by atoms with van der Waals surface area (Å²) < 4.78 is 0. The highest BCUT2D eigenvalue weighted by Crippen LogP contribution is 2.14. The molecule has 0 aliphatic heterocycles. The molecular formula is C68H107N21O19S2. The molecule has 0 aliphatic rings. The second-order valence-corrected chi connectivity index (χ2v) is 26.4. The van der Waals surface area contributed by atoms with Crippen molar-refractivity contribution in [2.24, 2.45) is 50.5 Å². The standard InChI is InChI=1S/C68H107N21O19S2/c1-7-35(3)53(66(108)87-49(34-110)64(106)83-45(26-40-19-13-10-14-20-40)61(103)80-41(30-90)21-15-23-74-67(70)71)88-56(98)38(6)78-60(102)46(27-52(95)96)84-65(107)54(36(4)8-2)89-59(101)43(22-16-24-75-68(72)73)81-51(94)29-76-50(93)28-77-58(100)44(25-39-17-11-9-12-18-39)82-55(97)37(5)79-63(105)48(33-109)86-62(104)47(32-92)85-57(99)42(69)31-91/h9-14,17-20,30,35-38,41-49,53-54,91-92,109-110H,7-8,15-16,21-29,31-34,69H2,1-6H3,(H,76,93)(H,77,100)(H,78,102)(H,79,105)(H,80,103)(H,81,94)(H,82,97)(H,83,106)(H,84,107)(H,85,99)(H,86,104)(H,87,108)(H,88,98)(H,89,101)(H,95,96)(H4,70,71,74)(H4,72,73,75)/t35-,36-,37+,38-,41-,42-,43-,44-,45-,46-,47-,48-,49-,53-,54-/m0/s1. The first kappa shape index (κ1) is 95.4. The Morgan fingerprint density at radius 2 is 0.827 bits per heavy atom. The van der Waals surface area contributed by atoms with Gasteiger partial charge in [0.1, 0.15) is 78.8 Å². The van der Waals surface area contributed by atoms with E-state index in [4.69, 9.17) is 33.8 Å². The number of nitrogens with two attached hydrogens (primary N) is 5. The number of aliphatic hydroxyl groups excluding tert-OH is 2. The number of thiol groups is 2. The molecule has 0 saturated carbocycles. The number of carboxylic acids is 1. The molecule has 0 saturated heterocycles. The fraction of sp³-hybridized carbons (Fsp3) is 0.559. The van der Waals surface area contributed by atoms with Crippen LogP contribution in [-0.4, -0.2) is 252 Å². The van der Waals surface area contributed by atoms with Gasteiger partial charge in [-0.25, -0.2) is 0 Å². The number of benzene rings is 2. The van der Waals surface area contributed by atoms with E-state index in [2.05, 4.69) is 110 Å². The summed E-state index contributed by atoms with van der Waals surface area (Å²) in [4.78, 5) is 222. The molecule has 0 radical (unpaired) electrons. The summed E-state index contributed by atoms with van der Waals surface area (Å²) in [5, 5.41) is 62.8. The Morgan fingerprint density at radius 1 is 0.436 bits per heavy atom. The van der Waals surface area contributed by atoms with Crippen molar-refractivity contribution in [3.05, 3.63) is 71.8 Å². The third-order valence-corrected chi connectivity index (χ3v) is 17.6. The minimum absolute atomic E-state index is 0.0381. The fourth-order valence-corrected chi connectivity index (χ4v) is 10.5. The number of carbonyl (C=O) groups is 16. The lowest BCUT2D eigenvalue weighted by Crippen LogP contribution is -2.61. The first-order valence-corrected chi connectivity index (χ1v) is 36.6. The van der Waals surface area contributed by atoms with E-state index in [0.717, 1.165) is 0 Å². The normalized spacial score (nSPS) is 15.0. The van der Waals surface area contributed by atoms with Crippen molar-refractivity contribution in [2.75, 3.05) is 50.9 Å². The number of aliphatic hydroxyl groups is 2. The Morgan fingerprint density at radius 3 is 1.29 bits per heavy atom. The Balaban J connectivity index is 2.25. The van der Waals surface area contributed by atoms with Gasteiger partial charge in [-0.3, -0.25) is 81.9 Å². The van der Waals surface area contributed by atoms with Crippen LogP contribution in [0.1, 0.15) is 97.6 Å². The van der Waals surface area contributed by atoms with Crippen LogP contribution in [0.5, 0.6) is 0 Å². The molecule has 0 unspecified atom stereocenters. The lowest BCUT2D eigenvalue weighted by molar-refractivity contribution is -0.142. The SMILES string of the molecule is CC[C@H](C)[C@H](NC(=O)[C@H](C)NC(=O)[C@H](CC(=O)O)NC(=O)[C@@H](NC(=O)[C@H](CCCN=C(N)N)NC(=O)CNC(=O)CNC(=O)[C@H](Cc1ccccc1)NC(=O)[C@@H](C)NC(=O)[C@H](CS)NC(=O)[C@H](CO)NC(=O)[C@@H](N)CO)[C@@H](C)CC)C(=O)N[C@@H](CS)C(=O)N[C@@H](Cc1ccccc1)C(=O)N[C@H](C=O)CCCN=C(N)N. The van der Waals surface area contributed by atoms with Crippen LogP contribution < -0.4 is 103 Å². The summed E-state index contributed by atoms with van der Waals surface area (Å²) in [6, 6.07) is -1.82. The van der Waals surface area contributed by atoms with E-state index in [1.54, 1.807) is 88.4 Å². The van der Waals surface area contributed by atoms with Crippen molar-refractivity contribution in [1.82, 2.24) is 74.4 Å². The summed E-state index contributed by atoms with van der Waals surface area (Å²) in [5.41, 5.74) is 28.4. The maximum Gasteiger partial charge on any atom is 0.305 e. The number of carboxylic acid groups (broad SMARTS) is 1. The van der Waals surface area contributed by atoms with Crippen molar-refractivity contribution in [3.8, 4) is 0 Å². The van der Waals surface area contributed by atoms with E-state index in [-0.39, 0.29) is 81.5 Å². The summed E-state index contributed by atoms with van der Waals surface area (Å²) in [6.07, 6.45) is 0.115. The molecule has 42 heteroatoms. The monoisotopic (exact) mass is 1590 g/mol. The average molecular weight is 1590 g/mol. The summed E-state index contributed by atoms with van der Waals surface area (Å²) in [5.74, 6) is -17.4. The van der Waals surface area contributed by atoms with Crippen molar-refractivity contribution in [1.29, 1.82) is 0 Å². The maximum absolute atomic E-state index is 14.2. The van der Waals surface area contributed by atoms with Crippen molar-refractivity contribution >= 4 is 132 Å². The number of amides is 14. The molecule has 0 aliphatic carbocycles. The van der Waals surface area contributed by atoms with E-state index in [1.165, 1.54) is 13.8 Å². The number of hydrogen-bond acceptors (Lipinski definition) is 23. The van der Waals surface area contributed by atoms with E-state index in [1.807, 2.05) is 0 Å². The van der Waals surface area contributed by atoms with Gasteiger partial charge < -0.3 is 123 Å². The van der Waals surface area contributed by atoms with Gasteiger partial charge in [-0.05, 0) is 62.5 Å². The number of aldehydes is 1.